The number of aliphatic hydroxyl groups is 2. The van der Waals surface area contributed by atoms with Gasteiger partial charge in [-0.15, -0.1) is 0 Å². The van der Waals surface area contributed by atoms with Crippen LogP contribution in [0.5, 0.6) is 0 Å². The number of esters is 2. The molecule has 0 saturated carbocycles. The number of aliphatic hydroxyl groups excluding tert-OH is 2. The number of hydrogen-bond donors (Lipinski definition) is 4. The van der Waals surface area contributed by atoms with Gasteiger partial charge >= 0.3 is 19.8 Å². The van der Waals surface area contributed by atoms with Crippen LogP contribution in [-0.4, -0.2) is 63.5 Å². The molecule has 306 valence electrons. The molecule has 0 aliphatic heterocycles. The first-order valence-electron chi connectivity index (χ1n) is 19.7. The van der Waals surface area contributed by atoms with Crippen LogP contribution in [0, 0.1) is 0 Å². The molecule has 0 rings (SSSR count). The summed E-state index contributed by atoms with van der Waals surface area (Å²) in [5, 5.41) is 20.5. The molecule has 0 bridgehead atoms. The number of carbonyl (C=O) groups excluding carboxylic acids is 2. The minimum Gasteiger partial charge on any atom is -0.462 e. The highest BCUT2D eigenvalue weighted by Crippen LogP contribution is 2.36. The van der Waals surface area contributed by atoms with E-state index in [9.17, 15) is 24.4 Å². The van der Waals surface area contributed by atoms with Gasteiger partial charge in [0, 0.05) is 12.8 Å². The topological polar surface area (TPSA) is 160 Å². The van der Waals surface area contributed by atoms with Crippen molar-refractivity contribution in [3.8, 4) is 0 Å². The second kappa shape index (κ2) is 36.8. The predicted octanol–water partition coefficient (Wildman–Crippen LogP) is 9.78. The van der Waals surface area contributed by atoms with E-state index in [2.05, 4.69) is 85.2 Å². The molecular formula is C43H69O10P. The predicted molar refractivity (Wildman–Crippen MR) is 218 cm³/mol. The van der Waals surface area contributed by atoms with Crippen molar-refractivity contribution in [2.75, 3.05) is 13.2 Å². The van der Waals surface area contributed by atoms with Gasteiger partial charge in [0.25, 0.3) is 0 Å². The van der Waals surface area contributed by atoms with Gasteiger partial charge in [-0.25, -0.2) is 4.57 Å². The molecule has 0 saturated heterocycles. The van der Waals surface area contributed by atoms with E-state index >= 15 is 0 Å². The molecule has 3 atom stereocenters. The third-order valence-electron chi connectivity index (χ3n) is 7.79. The monoisotopic (exact) mass is 776 g/mol. The molecule has 0 aliphatic carbocycles. The lowest BCUT2D eigenvalue weighted by Crippen LogP contribution is -2.30. The molecule has 0 radical (unpaired) electrons. The van der Waals surface area contributed by atoms with E-state index in [1.165, 1.54) is 19.3 Å². The lowest BCUT2D eigenvalue weighted by molar-refractivity contribution is -0.161. The summed E-state index contributed by atoms with van der Waals surface area (Å²) >= 11 is 0. The molecule has 0 aromatic rings. The van der Waals surface area contributed by atoms with Crippen LogP contribution in [0.15, 0.2) is 97.2 Å². The Morgan fingerprint density at radius 3 is 1.57 bits per heavy atom. The van der Waals surface area contributed by atoms with Gasteiger partial charge in [-0.05, 0) is 89.9 Å². The second-order valence-corrected chi connectivity index (χ2v) is 14.1. The van der Waals surface area contributed by atoms with Crippen LogP contribution in [-0.2, 0) is 28.2 Å². The molecule has 54 heavy (non-hydrogen) atoms. The Hall–Kier alpha value is -3.11. The van der Waals surface area contributed by atoms with Crippen LogP contribution >= 0.6 is 7.82 Å². The number of ether oxygens (including phenoxy) is 2. The lowest BCUT2D eigenvalue weighted by atomic mass is 10.0. The van der Waals surface area contributed by atoms with Crippen molar-refractivity contribution in [2.45, 2.75) is 148 Å². The van der Waals surface area contributed by atoms with E-state index in [1.54, 1.807) is 6.08 Å². The second-order valence-electron chi connectivity index (χ2n) is 12.8. The van der Waals surface area contributed by atoms with Crippen molar-refractivity contribution in [1.82, 2.24) is 0 Å². The summed E-state index contributed by atoms with van der Waals surface area (Å²) in [6.07, 6.45) is 43.1. The van der Waals surface area contributed by atoms with E-state index in [4.69, 9.17) is 19.3 Å². The molecule has 0 amide bonds. The summed E-state index contributed by atoms with van der Waals surface area (Å²) < 4.78 is 26.1. The molecule has 0 heterocycles. The van der Waals surface area contributed by atoms with Crippen LogP contribution in [0.25, 0.3) is 0 Å². The summed E-state index contributed by atoms with van der Waals surface area (Å²) in [5.74, 6) is -1.25. The first kappa shape index (κ1) is 50.9. The Balaban J connectivity index is 4.33. The maximum Gasteiger partial charge on any atom is 0.469 e. The normalized spacial score (nSPS) is 14.7. The van der Waals surface area contributed by atoms with Crippen molar-refractivity contribution < 1.29 is 48.2 Å². The molecule has 11 heteroatoms. The molecule has 0 aliphatic rings. The SMILES string of the molecule is CC/C=C\C/C=C\C/C=C\C/C=C\C[C@@H](O)[C@H](O)CCCC(=O)O[C@H](COC(=O)CCC/C=C\C/C=C\C/C=C\C/C=C\CCCCC)COP(=O)(O)O. The third kappa shape index (κ3) is 37.2. The fourth-order valence-electron chi connectivity index (χ4n) is 4.74. The molecule has 0 fully saturated rings. The van der Waals surface area contributed by atoms with Gasteiger partial charge in [0.05, 0.1) is 18.8 Å². The zero-order valence-corrected chi connectivity index (χ0v) is 33.7. The van der Waals surface area contributed by atoms with E-state index in [1.807, 2.05) is 24.3 Å². The summed E-state index contributed by atoms with van der Waals surface area (Å²) in [4.78, 5) is 42.8. The molecule has 0 unspecified atom stereocenters. The van der Waals surface area contributed by atoms with Crippen LogP contribution in [0.4, 0.5) is 0 Å². The third-order valence-corrected chi connectivity index (χ3v) is 8.27. The zero-order chi connectivity index (χ0) is 40.0. The molecule has 0 aromatic carbocycles. The van der Waals surface area contributed by atoms with Gasteiger partial charge in [0.1, 0.15) is 6.61 Å². The quantitative estimate of drug-likeness (QED) is 0.0214. The highest BCUT2D eigenvalue weighted by atomic mass is 31.2. The number of carbonyl (C=O) groups is 2. The van der Waals surface area contributed by atoms with Crippen molar-refractivity contribution in [2.24, 2.45) is 0 Å². The van der Waals surface area contributed by atoms with E-state index in [0.717, 1.165) is 44.9 Å². The highest BCUT2D eigenvalue weighted by molar-refractivity contribution is 7.46. The van der Waals surface area contributed by atoms with Crippen molar-refractivity contribution in [3.05, 3.63) is 97.2 Å². The van der Waals surface area contributed by atoms with Gasteiger partial charge in [0.2, 0.25) is 0 Å². The maximum atomic E-state index is 12.4. The maximum absolute atomic E-state index is 12.4. The smallest absolute Gasteiger partial charge is 0.462 e. The van der Waals surface area contributed by atoms with Gasteiger partial charge in [-0.3, -0.25) is 14.1 Å². The first-order chi connectivity index (χ1) is 26.1. The Morgan fingerprint density at radius 2 is 1.06 bits per heavy atom. The largest absolute Gasteiger partial charge is 0.469 e. The summed E-state index contributed by atoms with van der Waals surface area (Å²) in [7, 11) is -4.85. The first-order valence-corrected chi connectivity index (χ1v) is 21.2. The standard InChI is InChI=1S/C43H69O10P/c1-3-5-7-9-11-13-15-17-18-19-20-21-23-25-27-29-31-35-42(46)51-37-39(38-52-54(48,49)50)53-43(47)36-32-34-41(45)40(44)33-30-28-26-24-22-16-14-12-10-8-6-4-2/h6,8,11-14,17-18,20-22,24-25,27-28,30,39-41,44-45H,3-5,7,9-10,15-16,19,23,26,29,31-38H2,1-2H3,(H2,48,49,50)/b8-6-,13-11-,14-12-,18-17-,21-20-,24-22-,27-25-,30-28-/t39-,40-,41-/m1/s1. The number of phosphoric acid groups is 1. The fraction of sp³-hybridized carbons (Fsp3) is 0.581. The van der Waals surface area contributed by atoms with Gasteiger partial charge in [-0.1, -0.05) is 124 Å². The van der Waals surface area contributed by atoms with Crippen LogP contribution < -0.4 is 0 Å². The minimum absolute atomic E-state index is 0.122. The zero-order valence-electron chi connectivity index (χ0n) is 32.8. The molecule has 4 N–H and O–H groups in total. The van der Waals surface area contributed by atoms with E-state index in [0.29, 0.717) is 19.3 Å². The van der Waals surface area contributed by atoms with Gasteiger partial charge in [0.15, 0.2) is 6.10 Å². The van der Waals surface area contributed by atoms with Crippen molar-refractivity contribution in [3.63, 3.8) is 0 Å². The van der Waals surface area contributed by atoms with E-state index in [-0.39, 0.29) is 32.1 Å². The molecule has 0 spiro atoms. The Labute approximate surface area is 325 Å². The van der Waals surface area contributed by atoms with Gasteiger partial charge in [-0.2, -0.15) is 0 Å². The highest BCUT2D eigenvalue weighted by Gasteiger charge is 2.23. The van der Waals surface area contributed by atoms with Crippen LogP contribution in [0.1, 0.15) is 129 Å². The van der Waals surface area contributed by atoms with Gasteiger partial charge < -0.3 is 29.5 Å². The number of rotatable bonds is 34. The molecular weight excluding hydrogens is 707 g/mol. The molecule has 10 nitrogen and oxygen atoms in total. The Morgan fingerprint density at radius 1 is 0.574 bits per heavy atom. The molecule has 0 aromatic heterocycles. The number of unbranched alkanes of at least 4 members (excludes halogenated alkanes) is 4. The summed E-state index contributed by atoms with van der Waals surface area (Å²) in [6.45, 7) is 3.22. The average molecular weight is 777 g/mol. The number of hydrogen-bond acceptors (Lipinski definition) is 8. The van der Waals surface area contributed by atoms with E-state index < -0.39 is 51.3 Å². The summed E-state index contributed by atoms with van der Waals surface area (Å²) in [6, 6.07) is 0. The Kier molecular flexibility index (Phi) is 34.7. The minimum atomic E-state index is -4.85. The fourth-order valence-corrected chi connectivity index (χ4v) is 5.11. The number of allylic oxidation sites excluding steroid dienone is 15. The van der Waals surface area contributed by atoms with Crippen LogP contribution in [0.3, 0.4) is 0 Å². The average Bonchev–Trinajstić information content (AvgIpc) is 3.13. The van der Waals surface area contributed by atoms with Crippen LogP contribution in [0.2, 0.25) is 0 Å². The number of phosphoric ester groups is 1. The summed E-state index contributed by atoms with van der Waals surface area (Å²) in [5.41, 5.74) is 0. The Bertz CT molecular complexity index is 1220. The van der Waals surface area contributed by atoms with Crippen molar-refractivity contribution in [1.29, 1.82) is 0 Å². The lowest BCUT2D eigenvalue weighted by Gasteiger charge is -2.19. The van der Waals surface area contributed by atoms with Crippen molar-refractivity contribution >= 4 is 19.8 Å².